The van der Waals surface area contributed by atoms with Crippen LogP contribution in [0.3, 0.4) is 0 Å². The summed E-state index contributed by atoms with van der Waals surface area (Å²) in [5.74, 6) is 0.231. The van der Waals surface area contributed by atoms with Gasteiger partial charge in [-0.15, -0.1) is 0 Å². The van der Waals surface area contributed by atoms with Crippen LogP contribution in [0.2, 0.25) is 0 Å². The Morgan fingerprint density at radius 2 is 0.855 bits per heavy atom. The number of epoxide rings is 1. The van der Waals surface area contributed by atoms with Crippen LogP contribution in [-0.2, 0) is 20.6 Å². The molecule has 0 saturated carbocycles. The number of pyridine rings is 6. The summed E-state index contributed by atoms with van der Waals surface area (Å²) in [6.07, 6.45) is 16.0. The van der Waals surface area contributed by atoms with E-state index in [0.29, 0.717) is 41.1 Å². The molecule has 0 unspecified atom stereocenters. The molecule has 2 aliphatic rings. The Kier molecular flexibility index (Phi) is 21.8. The van der Waals surface area contributed by atoms with Crippen molar-refractivity contribution >= 4 is 78.7 Å². The van der Waals surface area contributed by atoms with E-state index >= 15 is 0 Å². The topological polar surface area (TPSA) is 282 Å². The highest BCUT2D eigenvalue weighted by molar-refractivity contribution is 9.10. The minimum absolute atomic E-state index is 0.250. The van der Waals surface area contributed by atoms with Crippen molar-refractivity contribution in [2.24, 2.45) is 0 Å². The number of aromatic nitrogens is 12. The SMILES string of the molecule is CC1(C)CO1.CC1(C)OB(c2cn[nH]c2)OC1(C)C.Cc1ccnc2ccc(-c3cc(-c4cn[nH]c4)c(N)nc3-c3ccc(F)cc3)cc12.Cc1ccnc2ccc(-c3cc(-c4cnn(CC(C)(C)O)c4)c(N)nc3-c3ccc(F)cc3)cc12.Cc1ccnc2ccc(-c3cc(Br)c(N)nc3-c3ccc(F)cc3)cc12. The predicted molar refractivity (Wildman–Crippen MR) is 436 cm³/mol. The number of benzene rings is 6. The number of anilines is 3. The van der Waals surface area contributed by atoms with E-state index in [1.54, 1.807) is 92.1 Å². The number of hydrogen-bond acceptors (Lipinski definition) is 16. The van der Waals surface area contributed by atoms with Crippen molar-refractivity contribution in [1.82, 2.24) is 60.1 Å². The van der Waals surface area contributed by atoms with Gasteiger partial charge in [0.25, 0.3) is 0 Å². The van der Waals surface area contributed by atoms with Gasteiger partial charge >= 0.3 is 7.12 Å². The number of nitrogen functional groups attached to an aromatic ring is 3. The second kappa shape index (κ2) is 31.4. The molecular weight excluding hydrogens is 1450 g/mol. The van der Waals surface area contributed by atoms with Gasteiger partial charge in [-0.3, -0.25) is 29.8 Å². The molecule has 0 amide bonds. The lowest BCUT2D eigenvalue weighted by Gasteiger charge is -2.32. The molecule has 0 aliphatic carbocycles. The number of aromatic amines is 2. The predicted octanol–water partition coefficient (Wildman–Crippen LogP) is 18.3. The fourth-order valence-electron chi connectivity index (χ4n) is 12.4. The van der Waals surface area contributed by atoms with Gasteiger partial charge in [-0.2, -0.15) is 15.3 Å². The molecule has 0 bridgehead atoms. The highest BCUT2D eigenvalue weighted by Crippen LogP contribution is 2.43. The first-order chi connectivity index (χ1) is 52.4. The second-order valence-corrected chi connectivity index (χ2v) is 30.2. The summed E-state index contributed by atoms with van der Waals surface area (Å²) in [4.78, 5) is 27.3. The number of aryl methyl sites for hydroxylation is 3. The molecule has 24 heteroatoms. The van der Waals surface area contributed by atoms with E-state index in [1.807, 2.05) is 119 Å². The van der Waals surface area contributed by atoms with Gasteiger partial charge in [0.05, 0.1) is 86.1 Å². The summed E-state index contributed by atoms with van der Waals surface area (Å²) in [5, 5.41) is 31.2. The molecule has 0 atom stereocenters. The number of nitrogens with one attached hydrogen (secondary N) is 2. The highest BCUT2D eigenvalue weighted by atomic mass is 79.9. The average molecular weight is 1540 g/mol. The number of nitrogens with two attached hydrogens (primary N) is 3. The maximum atomic E-state index is 13.7. The zero-order valence-corrected chi connectivity index (χ0v) is 64.3. The summed E-state index contributed by atoms with van der Waals surface area (Å²) in [5.41, 5.74) is 37.9. The van der Waals surface area contributed by atoms with E-state index < -0.39 is 5.60 Å². The number of fused-ring (bicyclic) bond motifs is 3. The monoisotopic (exact) mass is 1540 g/mol. The number of rotatable bonds is 11. The molecule has 2 saturated heterocycles. The van der Waals surface area contributed by atoms with Gasteiger partial charge in [-0.05, 0) is 271 Å². The summed E-state index contributed by atoms with van der Waals surface area (Å²) in [6, 6.07) is 49.1. The Balaban J connectivity index is 0.000000130. The average Bonchev–Trinajstić information content (AvgIpc) is 1.06. The first-order valence-electron chi connectivity index (χ1n) is 35.6. The third kappa shape index (κ3) is 17.5. The Hall–Kier alpha value is -11.8. The van der Waals surface area contributed by atoms with Gasteiger partial charge in [-0.1, -0.05) is 18.2 Å². The molecule has 0 radical (unpaired) electrons. The number of aliphatic hydroxyl groups is 1. The van der Waals surface area contributed by atoms with Crippen LogP contribution in [0.15, 0.2) is 224 Å². The fraction of sp³-hybridized carbons (Fsp3) is 0.198. The standard InChI is InChI=1S/C28H26FN5O.C24H18FN5.C21H15BrFN3.C9H15BN2O2.C4H8O/c1-17-10-11-31-25-9-6-19(12-22(17)25)23-13-24(20-14-32-34(15-20)16-28(2,3)35)27(30)33-26(23)18-4-7-21(29)8-5-18;1-14-8-9-27-22-7-4-16(10-19(14)22)20-11-21(17-12-28-29-13-17)24(26)30-23(20)15-2-5-18(25)6-3-15;1-12-8-9-25-19-7-4-14(10-16(12)19)17-11-18(22)21(24)26-20(17)13-2-5-15(23)6-3-13;1-8(2)9(3,4)14-10(13-8)7-5-11-12-6-7;1-4(2)3-5-4/h4-15,35H,16H2,1-3H3,(H2,30,33);2-13H,1H3,(H2,26,30)(H,28,29);2-11H,1H3,(H2,24,26);5-6H,1-4H3,(H,11,12);3H2,1-2H3. The molecule has 2 aliphatic heterocycles. The normalized spacial score (nSPS) is 13.8. The van der Waals surface area contributed by atoms with Crippen LogP contribution >= 0.6 is 15.9 Å². The molecule has 11 heterocycles. The molecule has 110 heavy (non-hydrogen) atoms. The molecule has 15 aromatic rings. The van der Waals surface area contributed by atoms with Crippen molar-refractivity contribution in [1.29, 1.82) is 0 Å². The van der Waals surface area contributed by atoms with E-state index in [4.69, 9.17) is 41.2 Å². The van der Waals surface area contributed by atoms with Gasteiger partial charge in [0, 0.05) is 121 Å². The largest absolute Gasteiger partial charge is 0.498 e. The zero-order chi connectivity index (χ0) is 78.0. The van der Waals surface area contributed by atoms with Gasteiger partial charge in [0.1, 0.15) is 34.9 Å². The summed E-state index contributed by atoms with van der Waals surface area (Å²) < 4.78 is 59.5. The van der Waals surface area contributed by atoms with Crippen LogP contribution in [0.25, 0.3) is 122 Å². The van der Waals surface area contributed by atoms with Crippen LogP contribution in [0.4, 0.5) is 30.6 Å². The molecule has 9 N–H and O–H groups in total. The number of hydrogen-bond donors (Lipinski definition) is 6. The van der Waals surface area contributed by atoms with Crippen molar-refractivity contribution < 1.29 is 32.3 Å². The maximum Gasteiger partial charge on any atom is 0.498 e. The summed E-state index contributed by atoms with van der Waals surface area (Å²) >= 11 is 3.47. The first kappa shape index (κ1) is 76.4. The van der Waals surface area contributed by atoms with E-state index in [0.717, 1.165) is 138 Å². The number of ether oxygens (including phenoxy) is 1. The molecule has 0 spiro atoms. The van der Waals surface area contributed by atoms with Crippen molar-refractivity contribution in [2.45, 2.75) is 105 Å². The Labute approximate surface area is 643 Å². The molecule has 6 aromatic carbocycles. The molecular formula is C86H82BBrF3N15O4. The van der Waals surface area contributed by atoms with E-state index in [-0.39, 0.29) is 41.4 Å². The Morgan fingerprint density at radius 1 is 0.482 bits per heavy atom. The lowest BCUT2D eigenvalue weighted by molar-refractivity contribution is 0.00578. The fourth-order valence-corrected chi connectivity index (χ4v) is 12.7. The van der Waals surface area contributed by atoms with Crippen LogP contribution in [-0.4, -0.2) is 101 Å². The van der Waals surface area contributed by atoms with E-state index in [9.17, 15) is 18.3 Å². The molecule has 556 valence electrons. The van der Waals surface area contributed by atoms with Gasteiger partial charge in [0.2, 0.25) is 0 Å². The maximum absolute atomic E-state index is 13.7. The third-order valence-electron chi connectivity index (χ3n) is 19.3. The molecule has 2 fully saturated rings. The number of H-pyrrole nitrogens is 2. The van der Waals surface area contributed by atoms with Crippen LogP contribution in [0, 0.1) is 38.2 Å². The zero-order valence-electron chi connectivity index (χ0n) is 62.7. The Morgan fingerprint density at radius 3 is 1.23 bits per heavy atom. The molecule has 19 nitrogen and oxygen atoms in total. The van der Waals surface area contributed by atoms with Gasteiger partial charge in [-0.25, -0.2) is 28.1 Å². The highest BCUT2D eigenvalue weighted by Gasteiger charge is 2.52. The minimum atomic E-state index is -0.901. The number of halogens is 4. The van der Waals surface area contributed by atoms with Crippen molar-refractivity contribution in [3.05, 3.63) is 258 Å². The van der Waals surface area contributed by atoms with Crippen molar-refractivity contribution in [3.63, 3.8) is 0 Å². The van der Waals surface area contributed by atoms with Crippen molar-refractivity contribution in [2.75, 3.05) is 23.8 Å². The smallest absolute Gasteiger partial charge is 0.399 e. The molecule has 17 rings (SSSR count). The number of nitrogens with zero attached hydrogens (tertiary/aromatic N) is 10. The molecule has 9 aromatic heterocycles. The first-order valence-corrected chi connectivity index (χ1v) is 36.4. The van der Waals surface area contributed by atoms with Gasteiger partial charge < -0.3 is 36.4 Å². The van der Waals surface area contributed by atoms with Crippen LogP contribution in [0.5, 0.6) is 0 Å². The summed E-state index contributed by atoms with van der Waals surface area (Å²) in [7, 11) is -0.307. The quantitative estimate of drug-likeness (QED) is 0.0518. The third-order valence-corrected chi connectivity index (χ3v) is 20.0. The lowest BCUT2D eigenvalue weighted by atomic mass is 9.82. The van der Waals surface area contributed by atoms with Gasteiger partial charge in [0.15, 0.2) is 0 Å². The van der Waals surface area contributed by atoms with E-state index in [1.165, 1.54) is 36.4 Å². The second-order valence-electron chi connectivity index (χ2n) is 29.4. The van der Waals surface area contributed by atoms with E-state index in [2.05, 4.69) is 114 Å². The van der Waals surface area contributed by atoms with Crippen molar-refractivity contribution in [3.8, 4) is 89.4 Å². The van der Waals surface area contributed by atoms with Crippen LogP contribution < -0.4 is 22.7 Å². The minimum Gasteiger partial charge on any atom is -0.399 e. The Bertz CT molecular complexity index is 5800. The van der Waals surface area contributed by atoms with Crippen LogP contribution in [0.1, 0.15) is 72.1 Å². The summed E-state index contributed by atoms with van der Waals surface area (Å²) in [6.45, 7) is 23.2. The lowest BCUT2D eigenvalue weighted by Crippen LogP contribution is -2.41.